The maximum Gasteiger partial charge on any atom is 0.237 e. The highest BCUT2D eigenvalue weighted by Gasteiger charge is 2.17. The van der Waals surface area contributed by atoms with Crippen LogP contribution in [-0.4, -0.2) is 24.4 Å². The first-order valence-corrected chi connectivity index (χ1v) is 8.52. The molecular formula is C18H19NO3S. The zero-order valence-electron chi connectivity index (χ0n) is 13.0. The Morgan fingerprint density at radius 3 is 2.61 bits per heavy atom. The summed E-state index contributed by atoms with van der Waals surface area (Å²) in [7, 11) is 0. The first kappa shape index (κ1) is 15.7. The topological polar surface area (TPSA) is 47.6 Å². The zero-order valence-corrected chi connectivity index (χ0v) is 13.8. The molecule has 1 atom stereocenters. The van der Waals surface area contributed by atoms with Crippen LogP contribution in [-0.2, 0) is 4.79 Å². The summed E-state index contributed by atoms with van der Waals surface area (Å²) in [6.45, 7) is 3.23. The molecule has 120 valence electrons. The van der Waals surface area contributed by atoms with Gasteiger partial charge in [-0.05, 0) is 37.3 Å². The van der Waals surface area contributed by atoms with Gasteiger partial charge in [0, 0.05) is 17.0 Å². The standard InChI is InChI=1S/C18H19NO3S/c1-13(18(20)19-14-6-3-2-4-7-14)23-15-8-9-16-17(12-15)22-11-5-10-21-16/h2-4,6-9,12-13H,5,10-11H2,1H3,(H,19,20). The highest BCUT2D eigenvalue weighted by Crippen LogP contribution is 2.35. The molecule has 0 fully saturated rings. The van der Waals surface area contributed by atoms with Crippen molar-refractivity contribution in [2.24, 2.45) is 0 Å². The average molecular weight is 329 g/mol. The van der Waals surface area contributed by atoms with Crippen LogP contribution in [0.25, 0.3) is 0 Å². The third-order valence-corrected chi connectivity index (χ3v) is 4.54. The second-order valence-electron chi connectivity index (χ2n) is 5.27. The number of nitrogens with one attached hydrogen (secondary N) is 1. The van der Waals surface area contributed by atoms with E-state index in [1.165, 1.54) is 11.8 Å². The molecule has 1 heterocycles. The molecule has 0 saturated carbocycles. The summed E-state index contributed by atoms with van der Waals surface area (Å²) < 4.78 is 11.3. The molecule has 1 amide bonds. The molecule has 23 heavy (non-hydrogen) atoms. The molecule has 2 aromatic carbocycles. The summed E-state index contributed by atoms with van der Waals surface area (Å²) in [6, 6.07) is 15.3. The van der Waals surface area contributed by atoms with E-state index < -0.39 is 0 Å². The van der Waals surface area contributed by atoms with E-state index in [1.54, 1.807) is 0 Å². The van der Waals surface area contributed by atoms with E-state index >= 15 is 0 Å². The van der Waals surface area contributed by atoms with Crippen molar-refractivity contribution in [3.05, 3.63) is 48.5 Å². The Kier molecular flexibility index (Phi) is 5.08. The number of para-hydroxylation sites is 1. The van der Waals surface area contributed by atoms with E-state index in [0.29, 0.717) is 13.2 Å². The Bertz CT molecular complexity index is 675. The molecule has 3 rings (SSSR count). The number of ether oxygens (including phenoxy) is 2. The lowest BCUT2D eigenvalue weighted by atomic mass is 10.3. The minimum Gasteiger partial charge on any atom is -0.490 e. The molecule has 0 saturated heterocycles. The van der Waals surface area contributed by atoms with Crippen molar-refractivity contribution in [2.45, 2.75) is 23.5 Å². The fraction of sp³-hybridized carbons (Fsp3) is 0.278. The summed E-state index contributed by atoms with van der Waals surface area (Å²) in [4.78, 5) is 13.3. The predicted octanol–water partition coefficient (Wildman–Crippen LogP) is 3.97. The van der Waals surface area contributed by atoms with Gasteiger partial charge < -0.3 is 14.8 Å². The molecular weight excluding hydrogens is 310 g/mol. The number of carbonyl (C=O) groups excluding carboxylic acids is 1. The molecule has 0 spiro atoms. The monoisotopic (exact) mass is 329 g/mol. The van der Waals surface area contributed by atoms with E-state index in [1.807, 2.05) is 55.5 Å². The van der Waals surface area contributed by atoms with Crippen LogP contribution in [0, 0.1) is 0 Å². The highest BCUT2D eigenvalue weighted by molar-refractivity contribution is 8.00. The maximum absolute atomic E-state index is 12.3. The molecule has 4 nitrogen and oxygen atoms in total. The lowest BCUT2D eigenvalue weighted by Crippen LogP contribution is -2.22. The van der Waals surface area contributed by atoms with Gasteiger partial charge in [-0.2, -0.15) is 0 Å². The Labute approximate surface area is 140 Å². The number of hydrogen-bond acceptors (Lipinski definition) is 4. The van der Waals surface area contributed by atoms with Crippen LogP contribution in [0.4, 0.5) is 5.69 Å². The van der Waals surface area contributed by atoms with Crippen LogP contribution in [0.2, 0.25) is 0 Å². The second-order valence-corrected chi connectivity index (χ2v) is 6.69. The van der Waals surface area contributed by atoms with E-state index in [-0.39, 0.29) is 11.2 Å². The number of hydrogen-bond donors (Lipinski definition) is 1. The van der Waals surface area contributed by atoms with Gasteiger partial charge in [-0.25, -0.2) is 0 Å². The maximum atomic E-state index is 12.3. The molecule has 1 N–H and O–H groups in total. The normalized spacial score (nSPS) is 14.7. The van der Waals surface area contributed by atoms with Crippen LogP contribution in [0.5, 0.6) is 11.5 Å². The molecule has 0 aliphatic carbocycles. The molecule has 0 radical (unpaired) electrons. The van der Waals surface area contributed by atoms with E-state index in [2.05, 4.69) is 5.32 Å². The van der Waals surface area contributed by atoms with E-state index in [9.17, 15) is 4.79 Å². The largest absolute Gasteiger partial charge is 0.490 e. The summed E-state index contributed by atoms with van der Waals surface area (Å²) >= 11 is 1.50. The van der Waals surface area contributed by atoms with Gasteiger partial charge in [0.05, 0.1) is 18.5 Å². The molecule has 0 bridgehead atoms. The fourth-order valence-electron chi connectivity index (χ4n) is 2.24. The lowest BCUT2D eigenvalue weighted by Gasteiger charge is -2.13. The first-order chi connectivity index (χ1) is 11.2. The van der Waals surface area contributed by atoms with Crippen LogP contribution >= 0.6 is 11.8 Å². The van der Waals surface area contributed by atoms with Crippen molar-refractivity contribution in [3.8, 4) is 11.5 Å². The van der Waals surface area contributed by atoms with Crippen LogP contribution in [0.1, 0.15) is 13.3 Å². The van der Waals surface area contributed by atoms with Gasteiger partial charge in [-0.15, -0.1) is 11.8 Å². The molecule has 2 aromatic rings. The number of thioether (sulfide) groups is 1. The van der Waals surface area contributed by atoms with Crippen molar-refractivity contribution in [2.75, 3.05) is 18.5 Å². The number of benzene rings is 2. The van der Waals surface area contributed by atoms with Gasteiger partial charge in [0.15, 0.2) is 11.5 Å². The third kappa shape index (κ3) is 4.20. The Morgan fingerprint density at radius 2 is 1.83 bits per heavy atom. The van der Waals surface area contributed by atoms with Gasteiger partial charge in [0.25, 0.3) is 0 Å². The number of anilines is 1. The Morgan fingerprint density at radius 1 is 1.09 bits per heavy atom. The van der Waals surface area contributed by atoms with Gasteiger partial charge in [0.1, 0.15) is 0 Å². The van der Waals surface area contributed by atoms with Crippen molar-refractivity contribution in [1.29, 1.82) is 0 Å². The molecule has 5 heteroatoms. The Hall–Kier alpha value is -2.14. The average Bonchev–Trinajstić information content (AvgIpc) is 2.80. The van der Waals surface area contributed by atoms with E-state index in [4.69, 9.17) is 9.47 Å². The summed E-state index contributed by atoms with van der Waals surface area (Å²) in [5.74, 6) is 1.50. The van der Waals surface area contributed by atoms with Crippen molar-refractivity contribution in [3.63, 3.8) is 0 Å². The number of amides is 1. The first-order valence-electron chi connectivity index (χ1n) is 7.64. The highest BCUT2D eigenvalue weighted by atomic mass is 32.2. The van der Waals surface area contributed by atoms with Crippen molar-refractivity contribution in [1.82, 2.24) is 0 Å². The minimum atomic E-state index is -0.208. The van der Waals surface area contributed by atoms with Crippen LogP contribution in [0.15, 0.2) is 53.4 Å². The number of fused-ring (bicyclic) bond motifs is 1. The molecule has 1 aliphatic rings. The number of rotatable bonds is 4. The van der Waals surface area contributed by atoms with Gasteiger partial charge >= 0.3 is 0 Å². The van der Waals surface area contributed by atoms with Crippen LogP contribution < -0.4 is 14.8 Å². The van der Waals surface area contributed by atoms with Crippen molar-refractivity contribution < 1.29 is 14.3 Å². The smallest absolute Gasteiger partial charge is 0.237 e. The Balaban J connectivity index is 1.64. The van der Waals surface area contributed by atoms with E-state index in [0.717, 1.165) is 28.5 Å². The molecule has 1 unspecified atom stereocenters. The van der Waals surface area contributed by atoms with Crippen LogP contribution in [0.3, 0.4) is 0 Å². The van der Waals surface area contributed by atoms with Gasteiger partial charge in [-0.1, -0.05) is 18.2 Å². The predicted molar refractivity (Wildman–Crippen MR) is 92.4 cm³/mol. The summed E-state index contributed by atoms with van der Waals surface area (Å²) in [6.07, 6.45) is 0.882. The SMILES string of the molecule is CC(Sc1ccc2c(c1)OCCCO2)C(=O)Nc1ccccc1. The van der Waals surface area contributed by atoms with Gasteiger partial charge in [0.2, 0.25) is 5.91 Å². The number of carbonyl (C=O) groups is 1. The summed E-state index contributed by atoms with van der Waals surface area (Å²) in [5.41, 5.74) is 0.809. The lowest BCUT2D eigenvalue weighted by molar-refractivity contribution is -0.115. The molecule has 1 aliphatic heterocycles. The second kappa shape index (κ2) is 7.42. The van der Waals surface area contributed by atoms with Crippen molar-refractivity contribution >= 4 is 23.4 Å². The fourth-order valence-corrected chi connectivity index (χ4v) is 3.14. The zero-order chi connectivity index (χ0) is 16.1. The molecule has 0 aromatic heterocycles. The minimum absolute atomic E-state index is 0.0201. The van der Waals surface area contributed by atoms with Gasteiger partial charge in [-0.3, -0.25) is 4.79 Å². The summed E-state index contributed by atoms with van der Waals surface area (Å²) in [5, 5.41) is 2.71. The third-order valence-electron chi connectivity index (χ3n) is 3.44. The quantitative estimate of drug-likeness (QED) is 0.862.